The van der Waals surface area contributed by atoms with Gasteiger partial charge in [0.2, 0.25) is 0 Å². The monoisotopic (exact) mass is 417 g/mol. The molecule has 0 aliphatic carbocycles. The summed E-state index contributed by atoms with van der Waals surface area (Å²) in [5, 5.41) is 14.4. The molecule has 0 fully saturated rings. The Hall–Kier alpha value is -3.72. The zero-order chi connectivity index (χ0) is 20.7. The molecule has 0 saturated carbocycles. The number of hydrogen-bond donors (Lipinski definition) is 4. The molecule has 8 nitrogen and oxygen atoms in total. The number of hydrogen-bond acceptors (Lipinski definition) is 6. The van der Waals surface area contributed by atoms with Gasteiger partial charge in [0, 0.05) is 46.6 Å². The van der Waals surface area contributed by atoms with Crippen LogP contribution in [0.3, 0.4) is 0 Å². The van der Waals surface area contributed by atoms with Crippen molar-refractivity contribution >= 4 is 44.9 Å². The van der Waals surface area contributed by atoms with Gasteiger partial charge in [-0.3, -0.25) is 9.89 Å². The van der Waals surface area contributed by atoms with Crippen LogP contribution in [0.2, 0.25) is 0 Å². The number of benzene rings is 1. The van der Waals surface area contributed by atoms with Gasteiger partial charge in [-0.15, -0.1) is 11.3 Å². The van der Waals surface area contributed by atoms with E-state index in [1.54, 1.807) is 11.6 Å². The van der Waals surface area contributed by atoms with Gasteiger partial charge in [0.15, 0.2) is 0 Å². The third-order valence-corrected chi connectivity index (χ3v) is 5.77. The van der Waals surface area contributed by atoms with Gasteiger partial charge in [0.25, 0.3) is 5.91 Å². The number of anilines is 1. The molecular formula is C21H19N7OS. The molecule has 0 atom stereocenters. The van der Waals surface area contributed by atoms with Crippen molar-refractivity contribution in [3.8, 4) is 11.3 Å². The van der Waals surface area contributed by atoms with Crippen molar-refractivity contribution in [2.75, 3.05) is 12.3 Å². The van der Waals surface area contributed by atoms with Crippen LogP contribution >= 0.6 is 11.3 Å². The van der Waals surface area contributed by atoms with Gasteiger partial charge in [-0.25, -0.2) is 9.97 Å². The van der Waals surface area contributed by atoms with Crippen LogP contribution in [0.1, 0.15) is 21.2 Å². The van der Waals surface area contributed by atoms with Crippen LogP contribution in [0.5, 0.6) is 0 Å². The van der Waals surface area contributed by atoms with E-state index < -0.39 is 0 Å². The van der Waals surface area contributed by atoms with Crippen LogP contribution in [-0.4, -0.2) is 37.6 Å². The Morgan fingerprint density at radius 3 is 2.87 bits per heavy atom. The third-order valence-electron chi connectivity index (χ3n) is 5.00. The number of H-pyrrole nitrogens is 2. The smallest absolute Gasteiger partial charge is 0.270 e. The van der Waals surface area contributed by atoms with Gasteiger partial charge in [-0.2, -0.15) is 5.10 Å². The molecule has 1 amide bonds. The van der Waals surface area contributed by atoms with Gasteiger partial charge in [-0.1, -0.05) is 12.1 Å². The van der Waals surface area contributed by atoms with Gasteiger partial charge < -0.3 is 16.0 Å². The molecule has 0 saturated heterocycles. The normalized spacial score (nSPS) is 11.4. The van der Waals surface area contributed by atoms with E-state index in [4.69, 9.17) is 5.73 Å². The fourth-order valence-corrected chi connectivity index (χ4v) is 4.13. The molecular weight excluding hydrogens is 398 g/mol. The molecule has 5 rings (SSSR count). The van der Waals surface area contributed by atoms with Crippen molar-refractivity contribution in [3.63, 3.8) is 0 Å². The summed E-state index contributed by atoms with van der Waals surface area (Å²) in [6.07, 6.45) is 2.37. The first-order chi connectivity index (χ1) is 14.6. The number of nitrogens with zero attached hydrogens (tertiary/aromatic N) is 3. The van der Waals surface area contributed by atoms with Gasteiger partial charge in [-0.05, 0) is 25.1 Å². The quantitative estimate of drug-likeness (QED) is 0.349. The summed E-state index contributed by atoms with van der Waals surface area (Å²) in [5.74, 6) is 0.317. The number of aromatic nitrogens is 5. The molecule has 1 aromatic carbocycles. The zero-order valence-corrected chi connectivity index (χ0v) is 17.0. The van der Waals surface area contributed by atoms with Crippen molar-refractivity contribution in [2.24, 2.45) is 0 Å². The second kappa shape index (κ2) is 7.27. The Morgan fingerprint density at radius 1 is 1.20 bits per heavy atom. The highest BCUT2D eigenvalue weighted by Gasteiger charge is 2.13. The molecule has 0 radical (unpaired) electrons. The predicted octanol–water partition coefficient (Wildman–Crippen LogP) is 3.43. The first-order valence-electron chi connectivity index (χ1n) is 9.49. The Morgan fingerprint density at radius 2 is 2.10 bits per heavy atom. The maximum atomic E-state index is 12.2. The molecule has 0 spiro atoms. The molecule has 9 heteroatoms. The van der Waals surface area contributed by atoms with Gasteiger partial charge in [0.1, 0.15) is 11.5 Å². The molecule has 5 aromatic rings. The van der Waals surface area contributed by atoms with E-state index in [0.29, 0.717) is 24.5 Å². The summed E-state index contributed by atoms with van der Waals surface area (Å²) >= 11 is 1.46. The van der Waals surface area contributed by atoms with E-state index in [1.165, 1.54) is 11.3 Å². The Bertz CT molecular complexity index is 1370. The van der Waals surface area contributed by atoms with Crippen LogP contribution in [-0.2, 0) is 6.42 Å². The number of carbonyl (C=O) groups is 1. The molecule has 0 aliphatic heterocycles. The first kappa shape index (κ1) is 18.3. The summed E-state index contributed by atoms with van der Waals surface area (Å²) in [5.41, 5.74) is 11.4. The fourth-order valence-electron chi connectivity index (χ4n) is 3.54. The van der Waals surface area contributed by atoms with E-state index in [9.17, 15) is 4.79 Å². The number of aromatic amines is 2. The van der Waals surface area contributed by atoms with Crippen molar-refractivity contribution < 1.29 is 4.79 Å². The number of nitrogens with one attached hydrogen (secondary N) is 3. The molecule has 0 unspecified atom stereocenters. The molecule has 30 heavy (non-hydrogen) atoms. The van der Waals surface area contributed by atoms with Gasteiger partial charge in [0.05, 0.1) is 21.7 Å². The summed E-state index contributed by atoms with van der Waals surface area (Å²) < 4.78 is 0. The van der Waals surface area contributed by atoms with Crippen LogP contribution in [0.25, 0.3) is 33.1 Å². The Kier molecular flexibility index (Phi) is 4.44. The number of thiazole rings is 1. The van der Waals surface area contributed by atoms with E-state index in [1.807, 2.05) is 37.3 Å². The predicted molar refractivity (Wildman–Crippen MR) is 118 cm³/mol. The minimum Gasteiger partial charge on any atom is -0.383 e. The van der Waals surface area contributed by atoms with Crippen LogP contribution in [0, 0.1) is 6.92 Å². The van der Waals surface area contributed by atoms with Crippen molar-refractivity contribution in [3.05, 3.63) is 58.3 Å². The SMILES string of the molecule is Cc1nc(C(=O)NCCc2cc3c(N)nc4cc(-c5ccn[nH]5)ccc4c3[nH]2)cs1. The average Bonchev–Trinajstić information content (AvgIpc) is 3.48. The van der Waals surface area contributed by atoms with E-state index in [0.717, 1.165) is 43.8 Å². The second-order valence-electron chi connectivity index (χ2n) is 7.04. The largest absolute Gasteiger partial charge is 0.383 e. The molecule has 0 bridgehead atoms. The van der Waals surface area contributed by atoms with Gasteiger partial charge >= 0.3 is 0 Å². The van der Waals surface area contributed by atoms with Crippen molar-refractivity contribution in [2.45, 2.75) is 13.3 Å². The van der Waals surface area contributed by atoms with E-state index >= 15 is 0 Å². The Balaban J connectivity index is 1.40. The fraction of sp³-hybridized carbons (Fsp3) is 0.143. The lowest BCUT2D eigenvalue weighted by molar-refractivity contribution is 0.0949. The maximum Gasteiger partial charge on any atom is 0.270 e. The standard InChI is InChI=1S/C21H19N7OS/c1-11-25-18(10-30-11)21(29)23-6-4-13-9-15-19(26-13)14-3-2-12(16-5-7-24-28-16)8-17(14)27-20(15)22/h2-3,5,7-10,26H,4,6H2,1H3,(H2,22,27)(H,23,29)(H,24,28). The minimum atomic E-state index is -0.159. The second-order valence-corrected chi connectivity index (χ2v) is 8.10. The maximum absolute atomic E-state index is 12.2. The number of rotatable bonds is 5. The molecule has 4 heterocycles. The van der Waals surface area contributed by atoms with Crippen LogP contribution < -0.4 is 11.1 Å². The lowest BCUT2D eigenvalue weighted by Crippen LogP contribution is -2.26. The number of carbonyl (C=O) groups excluding carboxylic acids is 1. The summed E-state index contributed by atoms with van der Waals surface area (Å²) in [6.45, 7) is 2.38. The number of amides is 1. The first-order valence-corrected chi connectivity index (χ1v) is 10.4. The highest BCUT2D eigenvalue weighted by atomic mass is 32.1. The highest BCUT2D eigenvalue weighted by Crippen LogP contribution is 2.30. The number of pyridine rings is 1. The van der Waals surface area contributed by atoms with Crippen molar-refractivity contribution in [1.82, 2.24) is 30.5 Å². The molecule has 150 valence electrons. The Labute approximate surface area is 175 Å². The molecule has 5 N–H and O–H groups in total. The number of fused-ring (bicyclic) bond motifs is 3. The summed E-state index contributed by atoms with van der Waals surface area (Å²) in [4.78, 5) is 24.4. The summed E-state index contributed by atoms with van der Waals surface area (Å²) in [7, 11) is 0. The third kappa shape index (κ3) is 3.29. The van der Waals surface area contributed by atoms with E-state index in [2.05, 4.69) is 30.5 Å². The topological polar surface area (TPSA) is 125 Å². The van der Waals surface area contributed by atoms with Crippen LogP contribution in [0.4, 0.5) is 5.82 Å². The van der Waals surface area contributed by atoms with Crippen LogP contribution in [0.15, 0.2) is 41.9 Å². The number of nitrogen functional groups attached to an aromatic ring is 1. The average molecular weight is 417 g/mol. The molecule has 0 aliphatic rings. The summed E-state index contributed by atoms with van der Waals surface area (Å²) in [6, 6.07) is 9.97. The number of nitrogens with two attached hydrogens (primary N) is 1. The molecule has 4 aromatic heterocycles. The minimum absolute atomic E-state index is 0.159. The van der Waals surface area contributed by atoms with E-state index in [-0.39, 0.29) is 5.91 Å². The number of aryl methyl sites for hydroxylation is 1. The zero-order valence-electron chi connectivity index (χ0n) is 16.2. The van der Waals surface area contributed by atoms with Crippen molar-refractivity contribution in [1.29, 1.82) is 0 Å². The lowest BCUT2D eigenvalue weighted by atomic mass is 10.1. The highest BCUT2D eigenvalue weighted by molar-refractivity contribution is 7.09. The lowest BCUT2D eigenvalue weighted by Gasteiger charge is -2.05.